The quantitative estimate of drug-likeness (QED) is 0.349. The van der Waals surface area contributed by atoms with Gasteiger partial charge in [0.2, 0.25) is 0 Å². The number of non-ortho nitro benzene ring substituents is 1. The number of nitro benzene ring substituents is 1. The zero-order chi connectivity index (χ0) is 18.5. The third-order valence-electron chi connectivity index (χ3n) is 4.48. The van der Waals surface area contributed by atoms with Gasteiger partial charge >= 0.3 is 0 Å². The number of rotatable bonds is 5. The SMILES string of the molecule is COc1cc(N2CCCC2)ccc1/C=C(/C#N)c1cccc([N+](=O)[O-])c1. The van der Waals surface area contributed by atoms with E-state index in [1.165, 1.54) is 25.0 Å². The first-order chi connectivity index (χ1) is 12.6. The lowest BCUT2D eigenvalue weighted by molar-refractivity contribution is -0.384. The molecular weight excluding hydrogens is 330 g/mol. The largest absolute Gasteiger partial charge is 0.496 e. The standard InChI is InChI=1S/C20H19N3O3/c1-26-20-13-18(22-9-2-3-10-22)8-7-16(20)11-17(14-21)15-5-4-6-19(12-15)23(24)25/h4-8,11-13H,2-3,9-10H2,1H3/b17-11-. The van der Waals surface area contributed by atoms with Gasteiger partial charge in [0, 0.05) is 42.5 Å². The highest BCUT2D eigenvalue weighted by Crippen LogP contribution is 2.31. The van der Waals surface area contributed by atoms with Gasteiger partial charge in [-0.25, -0.2) is 0 Å². The molecule has 0 spiro atoms. The van der Waals surface area contributed by atoms with Crippen LogP contribution in [0.25, 0.3) is 11.6 Å². The maximum absolute atomic E-state index is 11.0. The average molecular weight is 349 g/mol. The lowest BCUT2D eigenvalue weighted by atomic mass is 10.0. The Bertz CT molecular complexity index is 893. The van der Waals surface area contributed by atoms with Gasteiger partial charge in [-0.3, -0.25) is 10.1 Å². The highest BCUT2D eigenvalue weighted by Gasteiger charge is 2.15. The third-order valence-corrected chi connectivity index (χ3v) is 4.48. The lowest BCUT2D eigenvalue weighted by Gasteiger charge is -2.19. The summed E-state index contributed by atoms with van der Waals surface area (Å²) in [5.74, 6) is 0.674. The van der Waals surface area contributed by atoms with E-state index in [1.807, 2.05) is 18.2 Å². The van der Waals surface area contributed by atoms with Crippen LogP contribution in [0.2, 0.25) is 0 Å². The Morgan fingerprint density at radius 1 is 1.27 bits per heavy atom. The van der Waals surface area contributed by atoms with Gasteiger partial charge in [0.05, 0.1) is 23.7 Å². The Morgan fingerprint density at radius 3 is 2.69 bits per heavy atom. The minimum atomic E-state index is -0.468. The van der Waals surface area contributed by atoms with Crippen molar-refractivity contribution >= 4 is 23.0 Å². The van der Waals surface area contributed by atoms with Crippen molar-refractivity contribution in [3.63, 3.8) is 0 Å². The molecule has 3 rings (SSSR count). The molecule has 0 aromatic heterocycles. The smallest absolute Gasteiger partial charge is 0.270 e. The third kappa shape index (κ3) is 3.67. The summed E-state index contributed by atoms with van der Waals surface area (Å²) in [6.07, 6.45) is 4.08. The fourth-order valence-electron chi connectivity index (χ4n) is 3.11. The van der Waals surface area contributed by atoms with Crippen LogP contribution in [0, 0.1) is 21.4 Å². The van der Waals surface area contributed by atoms with E-state index in [2.05, 4.69) is 11.0 Å². The molecular formula is C20H19N3O3. The Hall–Kier alpha value is -3.33. The van der Waals surface area contributed by atoms with E-state index in [0.29, 0.717) is 16.9 Å². The number of anilines is 1. The number of ether oxygens (including phenoxy) is 1. The number of benzene rings is 2. The van der Waals surface area contributed by atoms with Crippen LogP contribution in [-0.2, 0) is 0 Å². The highest BCUT2D eigenvalue weighted by atomic mass is 16.6. The van der Waals surface area contributed by atoms with E-state index >= 15 is 0 Å². The summed E-state index contributed by atoms with van der Waals surface area (Å²) in [4.78, 5) is 12.8. The molecule has 0 N–H and O–H groups in total. The number of nitro groups is 1. The second-order valence-corrected chi connectivity index (χ2v) is 6.10. The monoisotopic (exact) mass is 349 g/mol. The van der Waals surface area contributed by atoms with Crippen molar-refractivity contribution in [3.05, 3.63) is 63.7 Å². The Kier molecular flexibility index (Phi) is 5.18. The van der Waals surface area contributed by atoms with Crippen molar-refractivity contribution in [2.45, 2.75) is 12.8 Å². The molecule has 6 nitrogen and oxygen atoms in total. The molecule has 0 amide bonds. The molecule has 0 saturated carbocycles. The predicted octanol–water partition coefficient (Wildman–Crippen LogP) is 4.27. The van der Waals surface area contributed by atoms with Crippen LogP contribution in [-0.4, -0.2) is 25.1 Å². The topological polar surface area (TPSA) is 79.4 Å². The van der Waals surface area contributed by atoms with E-state index in [4.69, 9.17) is 4.74 Å². The molecule has 1 aliphatic heterocycles. The van der Waals surface area contributed by atoms with E-state index in [1.54, 1.807) is 25.3 Å². The molecule has 26 heavy (non-hydrogen) atoms. The molecule has 6 heteroatoms. The second kappa shape index (κ2) is 7.70. The highest BCUT2D eigenvalue weighted by molar-refractivity contribution is 5.91. The van der Waals surface area contributed by atoms with Crippen molar-refractivity contribution < 1.29 is 9.66 Å². The van der Waals surface area contributed by atoms with Crippen LogP contribution < -0.4 is 9.64 Å². The Labute approximate surface area is 152 Å². The number of allylic oxidation sites excluding steroid dienone is 1. The first-order valence-corrected chi connectivity index (χ1v) is 8.42. The van der Waals surface area contributed by atoms with E-state index < -0.39 is 4.92 Å². The van der Waals surface area contributed by atoms with Crippen molar-refractivity contribution in [2.75, 3.05) is 25.1 Å². The van der Waals surface area contributed by atoms with Crippen molar-refractivity contribution in [1.82, 2.24) is 0 Å². The number of hydrogen-bond acceptors (Lipinski definition) is 5. The Balaban J connectivity index is 1.97. The summed E-state index contributed by atoms with van der Waals surface area (Å²) in [7, 11) is 1.60. The van der Waals surface area contributed by atoms with Gasteiger partial charge in [-0.2, -0.15) is 5.26 Å². The summed E-state index contributed by atoms with van der Waals surface area (Å²) >= 11 is 0. The number of nitriles is 1. The summed E-state index contributed by atoms with van der Waals surface area (Å²) in [6.45, 7) is 2.07. The van der Waals surface area contributed by atoms with Gasteiger partial charge in [0.1, 0.15) is 5.75 Å². The van der Waals surface area contributed by atoms with Crippen LogP contribution >= 0.6 is 0 Å². The van der Waals surface area contributed by atoms with E-state index in [0.717, 1.165) is 24.3 Å². The summed E-state index contributed by atoms with van der Waals surface area (Å²) in [6, 6.07) is 14.1. The van der Waals surface area contributed by atoms with Crippen molar-refractivity contribution in [2.24, 2.45) is 0 Å². The molecule has 132 valence electrons. The van der Waals surface area contributed by atoms with Gasteiger partial charge in [-0.15, -0.1) is 0 Å². The average Bonchev–Trinajstić information content (AvgIpc) is 3.21. The number of nitrogens with zero attached hydrogens (tertiary/aromatic N) is 3. The second-order valence-electron chi connectivity index (χ2n) is 6.10. The van der Waals surface area contributed by atoms with Crippen LogP contribution in [0.1, 0.15) is 24.0 Å². The molecule has 2 aromatic carbocycles. The molecule has 1 heterocycles. The van der Waals surface area contributed by atoms with Crippen LogP contribution in [0.3, 0.4) is 0 Å². The molecule has 0 atom stereocenters. The van der Waals surface area contributed by atoms with E-state index in [9.17, 15) is 15.4 Å². The molecule has 0 aliphatic carbocycles. The lowest BCUT2D eigenvalue weighted by Crippen LogP contribution is -2.17. The minimum absolute atomic E-state index is 0.0417. The van der Waals surface area contributed by atoms with Crippen LogP contribution in [0.4, 0.5) is 11.4 Å². The zero-order valence-electron chi connectivity index (χ0n) is 14.5. The predicted molar refractivity (Wildman–Crippen MR) is 101 cm³/mol. The fraction of sp³-hybridized carbons (Fsp3) is 0.250. The van der Waals surface area contributed by atoms with E-state index in [-0.39, 0.29) is 5.69 Å². The molecule has 0 bridgehead atoms. The summed E-state index contributed by atoms with van der Waals surface area (Å²) in [5, 5.41) is 20.5. The molecule has 2 aromatic rings. The van der Waals surface area contributed by atoms with Crippen LogP contribution in [0.15, 0.2) is 42.5 Å². The maximum atomic E-state index is 11.0. The van der Waals surface area contributed by atoms with Crippen LogP contribution in [0.5, 0.6) is 5.75 Å². The van der Waals surface area contributed by atoms with Gasteiger partial charge in [0.15, 0.2) is 0 Å². The van der Waals surface area contributed by atoms with Gasteiger partial charge < -0.3 is 9.64 Å². The molecule has 1 fully saturated rings. The van der Waals surface area contributed by atoms with Gasteiger partial charge in [0.25, 0.3) is 5.69 Å². The molecule has 1 aliphatic rings. The van der Waals surface area contributed by atoms with Crippen molar-refractivity contribution in [3.8, 4) is 11.8 Å². The normalized spacial score (nSPS) is 14.2. The zero-order valence-corrected chi connectivity index (χ0v) is 14.5. The number of hydrogen-bond donors (Lipinski definition) is 0. The first-order valence-electron chi connectivity index (χ1n) is 8.42. The van der Waals surface area contributed by atoms with Crippen molar-refractivity contribution in [1.29, 1.82) is 5.26 Å². The molecule has 1 saturated heterocycles. The molecule has 0 unspecified atom stereocenters. The Morgan fingerprint density at radius 2 is 2.04 bits per heavy atom. The fourth-order valence-corrected chi connectivity index (χ4v) is 3.11. The number of methoxy groups -OCH3 is 1. The first kappa shape index (κ1) is 17.5. The maximum Gasteiger partial charge on any atom is 0.270 e. The molecule has 0 radical (unpaired) electrons. The van der Waals surface area contributed by atoms with Gasteiger partial charge in [-0.05, 0) is 36.6 Å². The summed E-state index contributed by atoms with van der Waals surface area (Å²) < 4.78 is 5.50. The minimum Gasteiger partial charge on any atom is -0.496 e. The summed E-state index contributed by atoms with van der Waals surface area (Å²) in [5.41, 5.74) is 2.68. The van der Waals surface area contributed by atoms with Gasteiger partial charge in [-0.1, -0.05) is 12.1 Å².